The van der Waals surface area contributed by atoms with Crippen LogP contribution in [0.3, 0.4) is 0 Å². The molecule has 4 rings (SSSR count). The van der Waals surface area contributed by atoms with Gasteiger partial charge in [0.2, 0.25) is 10.0 Å². The molecule has 0 spiro atoms. The standard InChI is InChI=1S/C19H24ClN5O3S/c20-16-8-7-14(29(27,28)24-9-4-5-10-24)12-15(16)19(26)21-13-18-23-22-17-6-2-1-3-11-25(17)18/h7-8,12H,1-6,9-11,13H2,(H,21,26). The molecule has 2 aromatic rings. The summed E-state index contributed by atoms with van der Waals surface area (Å²) >= 11 is 6.20. The first-order valence-electron chi connectivity index (χ1n) is 9.95. The van der Waals surface area contributed by atoms with Gasteiger partial charge in [0.15, 0.2) is 5.82 Å². The van der Waals surface area contributed by atoms with E-state index in [4.69, 9.17) is 11.6 Å². The van der Waals surface area contributed by atoms with Crippen LogP contribution in [0.2, 0.25) is 5.02 Å². The number of benzene rings is 1. The Labute approximate surface area is 175 Å². The van der Waals surface area contributed by atoms with Crippen molar-refractivity contribution in [2.45, 2.75) is 56.5 Å². The van der Waals surface area contributed by atoms with Crippen molar-refractivity contribution in [3.8, 4) is 0 Å². The second-order valence-electron chi connectivity index (χ2n) is 7.43. The maximum Gasteiger partial charge on any atom is 0.253 e. The van der Waals surface area contributed by atoms with Gasteiger partial charge < -0.3 is 9.88 Å². The van der Waals surface area contributed by atoms with E-state index in [1.807, 2.05) is 0 Å². The highest BCUT2D eigenvalue weighted by molar-refractivity contribution is 7.89. The van der Waals surface area contributed by atoms with Crippen LogP contribution in [-0.2, 0) is 29.5 Å². The average molecular weight is 438 g/mol. The minimum atomic E-state index is -3.62. The molecule has 1 amide bonds. The summed E-state index contributed by atoms with van der Waals surface area (Å²) in [6.07, 6.45) is 5.91. The second kappa shape index (κ2) is 8.41. The molecule has 10 heteroatoms. The van der Waals surface area contributed by atoms with Gasteiger partial charge in [0, 0.05) is 26.1 Å². The van der Waals surface area contributed by atoms with Crippen molar-refractivity contribution in [1.82, 2.24) is 24.4 Å². The normalized spacial score (nSPS) is 17.7. The van der Waals surface area contributed by atoms with Crippen LogP contribution in [0.1, 0.15) is 54.1 Å². The highest BCUT2D eigenvalue weighted by atomic mass is 35.5. The largest absolute Gasteiger partial charge is 0.345 e. The van der Waals surface area contributed by atoms with Crippen molar-refractivity contribution in [3.05, 3.63) is 40.4 Å². The van der Waals surface area contributed by atoms with E-state index in [1.54, 1.807) is 0 Å². The van der Waals surface area contributed by atoms with Gasteiger partial charge in [0.1, 0.15) is 5.82 Å². The molecule has 29 heavy (non-hydrogen) atoms. The van der Waals surface area contributed by atoms with Gasteiger partial charge in [-0.25, -0.2) is 8.42 Å². The third-order valence-electron chi connectivity index (χ3n) is 5.48. The first kappa shape index (κ1) is 20.3. The van der Waals surface area contributed by atoms with Gasteiger partial charge in [-0.2, -0.15) is 4.31 Å². The number of nitrogens with zero attached hydrogens (tertiary/aromatic N) is 4. The third-order valence-corrected chi connectivity index (χ3v) is 7.70. The second-order valence-corrected chi connectivity index (χ2v) is 9.78. The van der Waals surface area contributed by atoms with Gasteiger partial charge >= 0.3 is 0 Å². The maximum absolute atomic E-state index is 12.8. The summed E-state index contributed by atoms with van der Waals surface area (Å²) in [5.41, 5.74) is 0.141. The molecular formula is C19H24ClN5O3S. The molecular weight excluding hydrogens is 414 g/mol. The van der Waals surface area contributed by atoms with Crippen LogP contribution in [-0.4, -0.2) is 46.5 Å². The van der Waals surface area contributed by atoms with Crippen LogP contribution < -0.4 is 5.32 Å². The van der Waals surface area contributed by atoms with E-state index in [0.717, 1.165) is 50.9 Å². The average Bonchev–Trinajstić information content (AvgIpc) is 3.32. The van der Waals surface area contributed by atoms with Gasteiger partial charge in [0.05, 0.1) is 22.0 Å². The molecule has 0 radical (unpaired) electrons. The molecule has 156 valence electrons. The number of carbonyl (C=O) groups is 1. The number of aryl methyl sites for hydroxylation is 1. The zero-order valence-corrected chi connectivity index (χ0v) is 17.7. The molecule has 1 aromatic carbocycles. The Hall–Kier alpha value is -1.97. The fourth-order valence-corrected chi connectivity index (χ4v) is 5.59. The molecule has 0 atom stereocenters. The molecule has 1 aromatic heterocycles. The van der Waals surface area contributed by atoms with E-state index in [2.05, 4.69) is 20.1 Å². The van der Waals surface area contributed by atoms with E-state index in [0.29, 0.717) is 18.9 Å². The monoisotopic (exact) mass is 437 g/mol. The van der Waals surface area contributed by atoms with Crippen molar-refractivity contribution in [3.63, 3.8) is 0 Å². The number of fused-ring (bicyclic) bond motifs is 1. The molecule has 0 unspecified atom stereocenters. The lowest BCUT2D eigenvalue weighted by Crippen LogP contribution is -2.29. The van der Waals surface area contributed by atoms with Gasteiger partial charge in [-0.05, 0) is 43.9 Å². The Kier molecular flexibility index (Phi) is 5.89. The van der Waals surface area contributed by atoms with Gasteiger partial charge in [0.25, 0.3) is 5.91 Å². The van der Waals surface area contributed by atoms with Crippen LogP contribution in [0.4, 0.5) is 0 Å². The summed E-state index contributed by atoms with van der Waals surface area (Å²) < 4.78 is 29.1. The van der Waals surface area contributed by atoms with Crippen LogP contribution in [0, 0.1) is 0 Å². The molecule has 0 saturated carbocycles. The van der Waals surface area contributed by atoms with Crippen LogP contribution in [0.25, 0.3) is 0 Å². The summed E-state index contributed by atoms with van der Waals surface area (Å²) in [4.78, 5) is 12.8. The number of carbonyl (C=O) groups excluding carboxylic acids is 1. The lowest BCUT2D eigenvalue weighted by atomic mass is 10.2. The predicted octanol–water partition coefficient (Wildman–Crippen LogP) is 2.37. The Morgan fingerprint density at radius 1 is 1.07 bits per heavy atom. The topological polar surface area (TPSA) is 97.2 Å². The zero-order chi connectivity index (χ0) is 20.4. The van der Waals surface area contributed by atoms with Crippen molar-refractivity contribution in [2.75, 3.05) is 13.1 Å². The number of hydrogen-bond acceptors (Lipinski definition) is 5. The van der Waals surface area contributed by atoms with Crippen molar-refractivity contribution in [1.29, 1.82) is 0 Å². The highest BCUT2D eigenvalue weighted by Gasteiger charge is 2.28. The van der Waals surface area contributed by atoms with Crippen molar-refractivity contribution >= 4 is 27.5 Å². The summed E-state index contributed by atoms with van der Waals surface area (Å²) in [7, 11) is -3.62. The first-order chi connectivity index (χ1) is 14.0. The molecule has 2 aliphatic rings. The van der Waals surface area contributed by atoms with Crippen molar-refractivity contribution in [2.24, 2.45) is 0 Å². The number of nitrogens with one attached hydrogen (secondary N) is 1. The predicted molar refractivity (Wildman–Crippen MR) is 108 cm³/mol. The van der Waals surface area contributed by atoms with E-state index in [9.17, 15) is 13.2 Å². The Bertz CT molecular complexity index is 1010. The maximum atomic E-state index is 12.8. The molecule has 0 bridgehead atoms. The number of halogens is 1. The molecule has 8 nitrogen and oxygen atoms in total. The third kappa shape index (κ3) is 4.17. The number of aromatic nitrogens is 3. The number of sulfonamides is 1. The summed E-state index contributed by atoms with van der Waals surface area (Å²) in [5.74, 6) is 1.22. The Balaban J connectivity index is 1.51. The quantitative estimate of drug-likeness (QED) is 0.774. The number of hydrogen-bond donors (Lipinski definition) is 1. The SMILES string of the molecule is O=C(NCc1nnc2n1CCCCC2)c1cc(S(=O)(=O)N2CCCC2)ccc1Cl. The molecule has 0 aliphatic carbocycles. The number of amides is 1. The van der Waals surface area contributed by atoms with Crippen LogP contribution >= 0.6 is 11.6 Å². The fourth-order valence-electron chi connectivity index (χ4n) is 3.85. The minimum Gasteiger partial charge on any atom is -0.345 e. The van der Waals surface area contributed by atoms with Crippen LogP contribution in [0.15, 0.2) is 23.1 Å². The smallest absolute Gasteiger partial charge is 0.253 e. The first-order valence-corrected chi connectivity index (χ1v) is 11.8. The fraction of sp³-hybridized carbons (Fsp3) is 0.526. The number of rotatable bonds is 5. The van der Waals surface area contributed by atoms with E-state index < -0.39 is 15.9 Å². The van der Waals surface area contributed by atoms with Crippen LogP contribution in [0.5, 0.6) is 0 Å². The van der Waals surface area contributed by atoms with Gasteiger partial charge in [-0.15, -0.1) is 10.2 Å². The minimum absolute atomic E-state index is 0.0882. The highest BCUT2D eigenvalue weighted by Crippen LogP contribution is 2.25. The lowest BCUT2D eigenvalue weighted by Gasteiger charge is -2.16. The molecule has 1 fully saturated rings. The van der Waals surface area contributed by atoms with Gasteiger partial charge in [-0.3, -0.25) is 4.79 Å². The summed E-state index contributed by atoms with van der Waals surface area (Å²) in [6, 6.07) is 4.27. The van der Waals surface area contributed by atoms with Crippen molar-refractivity contribution < 1.29 is 13.2 Å². The summed E-state index contributed by atoms with van der Waals surface area (Å²) in [5, 5.41) is 11.4. The van der Waals surface area contributed by atoms with E-state index in [1.165, 1.54) is 22.5 Å². The Morgan fingerprint density at radius 2 is 1.83 bits per heavy atom. The lowest BCUT2D eigenvalue weighted by molar-refractivity contribution is 0.0949. The Morgan fingerprint density at radius 3 is 2.62 bits per heavy atom. The molecule has 1 N–H and O–H groups in total. The van der Waals surface area contributed by atoms with E-state index in [-0.39, 0.29) is 22.0 Å². The summed E-state index contributed by atoms with van der Waals surface area (Å²) in [6.45, 7) is 2.07. The van der Waals surface area contributed by atoms with E-state index >= 15 is 0 Å². The zero-order valence-electron chi connectivity index (χ0n) is 16.1. The molecule has 2 aliphatic heterocycles. The molecule has 1 saturated heterocycles. The van der Waals surface area contributed by atoms with Gasteiger partial charge in [-0.1, -0.05) is 18.0 Å². The molecule has 3 heterocycles.